The first-order valence-corrected chi connectivity index (χ1v) is 18.0. The van der Waals surface area contributed by atoms with Crippen molar-refractivity contribution in [1.29, 1.82) is 0 Å². The van der Waals surface area contributed by atoms with Gasteiger partial charge in [-0.25, -0.2) is 0 Å². The molecule has 0 rings (SSSR count). The molecular weight excluding hydrogens is 472 g/mol. The second-order valence-electron chi connectivity index (χ2n) is 16.1. The van der Waals surface area contributed by atoms with Gasteiger partial charge in [0, 0.05) is 0 Å². The van der Waals surface area contributed by atoms with Gasteiger partial charge in [0.25, 0.3) is 0 Å². The van der Waals surface area contributed by atoms with Crippen molar-refractivity contribution in [2.75, 3.05) is 0 Å². The summed E-state index contributed by atoms with van der Waals surface area (Å²) in [6.45, 7) is 23.9. The summed E-state index contributed by atoms with van der Waals surface area (Å²) < 4.78 is 7.10. The van der Waals surface area contributed by atoms with Gasteiger partial charge in [-0.05, 0) is 74.0 Å². The highest BCUT2D eigenvalue weighted by Crippen LogP contribution is 2.31. The predicted molar refractivity (Wildman–Crippen MR) is 179 cm³/mol. The minimum absolute atomic E-state index is 0.428. The lowest BCUT2D eigenvalue weighted by molar-refractivity contribution is -0.0359. The molecule has 0 saturated carbocycles. The molecule has 4 atom stereocenters. The van der Waals surface area contributed by atoms with Gasteiger partial charge < -0.3 is 4.74 Å². The normalized spacial score (nSPS) is 15.8. The first-order chi connectivity index (χ1) is 18.4. The van der Waals surface area contributed by atoms with Crippen LogP contribution in [0.5, 0.6) is 0 Å². The molecule has 0 aliphatic rings. The monoisotopic (exact) mass is 551 g/mol. The van der Waals surface area contributed by atoms with Crippen LogP contribution in [0.4, 0.5) is 0 Å². The van der Waals surface area contributed by atoms with Crippen molar-refractivity contribution in [2.24, 2.45) is 22.7 Å². The molecule has 1 heteroatoms. The highest BCUT2D eigenvalue weighted by molar-refractivity contribution is 4.73. The Morgan fingerprint density at radius 2 is 0.718 bits per heavy atom. The maximum Gasteiger partial charge on any atom is 0.0579 e. The molecule has 39 heavy (non-hydrogen) atoms. The molecule has 236 valence electrons. The summed E-state index contributed by atoms with van der Waals surface area (Å²) in [5.41, 5.74) is 0.855. The van der Waals surface area contributed by atoms with Crippen LogP contribution in [0, 0.1) is 22.7 Å². The average Bonchev–Trinajstić information content (AvgIpc) is 2.82. The van der Waals surface area contributed by atoms with E-state index in [1.807, 2.05) is 0 Å². The third kappa shape index (κ3) is 27.9. The number of rotatable bonds is 26. The van der Waals surface area contributed by atoms with Crippen molar-refractivity contribution in [3.05, 3.63) is 0 Å². The van der Waals surface area contributed by atoms with Crippen molar-refractivity contribution < 1.29 is 4.74 Å². The van der Waals surface area contributed by atoms with Gasteiger partial charge in [-0.2, -0.15) is 0 Å². The average molecular weight is 551 g/mol. The molecule has 1 nitrogen and oxygen atoms in total. The molecule has 0 bridgehead atoms. The van der Waals surface area contributed by atoms with Crippen molar-refractivity contribution in [2.45, 2.75) is 223 Å². The quantitative estimate of drug-likeness (QED) is 0.0973. The van der Waals surface area contributed by atoms with Crippen molar-refractivity contribution in [3.8, 4) is 0 Å². The summed E-state index contributed by atoms with van der Waals surface area (Å²) in [6, 6.07) is 0. The van der Waals surface area contributed by atoms with E-state index in [4.69, 9.17) is 4.74 Å². The second kappa shape index (κ2) is 23.5. The van der Waals surface area contributed by atoms with Gasteiger partial charge in [0.1, 0.15) is 0 Å². The zero-order chi connectivity index (χ0) is 29.6. The number of hydrogen-bond acceptors (Lipinski definition) is 1. The Morgan fingerprint density at radius 1 is 0.410 bits per heavy atom. The van der Waals surface area contributed by atoms with Crippen molar-refractivity contribution in [3.63, 3.8) is 0 Å². The number of hydrogen-bond donors (Lipinski definition) is 0. The van der Waals surface area contributed by atoms with Gasteiger partial charge >= 0.3 is 0 Å². The van der Waals surface area contributed by atoms with Crippen molar-refractivity contribution >= 4 is 0 Å². The van der Waals surface area contributed by atoms with Crippen LogP contribution < -0.4 is 0 Å². The van der Waals surface area contributed by atoms with Crippen LogP contribution in [0.2, 0.25) is 0 Å². The summed E-state index contributed by atoms with van der Waals surface area (Å²) in [7, 11) is 0. The van der Waals surface area contributed by atoms with E-state index >= 15 is 0 Å². The van der Waals surface area contributed by atoms with Crippen LogP contribution in [-0.2, 0) is 4.74 Å². The van der Waals surface area contributed by atoms with E-state index in [0.717, 1.165) is 11.8 Å². The molecule has 0 aliphatic carbocycles. The molecule has 0 radical (unpaired) electrons. The highest BCUT2D eigenvalue weighted by Gasteiger charge is 2.22. The first kappa shape index (κ1) is 39.0. The van der Waals surface area contributed by atoms with E-state index in [0.29, 0.717) is 23.0 Å². The minimum atomic E-state index is 0.428. The lowest BCUT2D eigenvalue weighted by atomic mass is 9.83. The summed E-state index contributed by atoms with van der Waals surface area (Å²) in [5.74, 6) is 1.58. The maximum atomic E-state index is 7.10. The lowest BCUT2D eigenvalue weighted by Crippen LogP contribution is -2.25. The minimum Gasteiger partial charge on any atom is -0.375 e. The Labute approximate surface area is 249 Å². The van der Waals surface area contributed by atoms with E-state index < -0.39 is 0 Å². The molecule has 0 aromatic rings. The predicted octanol–water partition coefficient (Wildman–Crippen LogP) is 13.7. The zero-order valence-electron chi connectivity index (χ0n) is 29.3. The lowest BCUT2D eigenvalue weighted by Gasteiger charge is -2.29. The van der Waals surface area contributed by atoms with Crippen LogP contribution in [0.3, 0.4) is 0 Å². The zero-order valence-corrected chi connectivity index (χ0v) is 29.3. The molecule has 4 unspecified atom stereocenters. The SMILES string of the molecule is CCCCCCCCCC(CCC(C)CC(C)(C)C)OC(CCCCCCCCC)CCC(C)CC(C)(C)C. The van der Waals surface area contributed by atoms with Gasteiger partial charge in [0.15, 0.2) is 0 Å². The fourth-order valence-corrected chi connectivity index (χ4v) is 6.73. The Bertz CT molecular complexity index is 464. The first-order valence-electron chi connectivity index (χ1n) is 18.0. The molecule has 0 spiro atoms. The summed E-state index contributed by atoms with van der Waals surface area (Å²) in [6.07, 6.45) is 30.8. The van der Waals surface area contributed by atoms with Crippen LogP contribution in [0.25, 0.3) is 0 Å². The third-order valence-electron chi connectivity index (χ3n) is 8.53. The van der Waals surface area contributed by atoms with Gasteiger partial charge in [-0.1, -0.05) is 159 Å². The Kier molecular flexibility index (Phi) is 23.5. The van der Waals surface area contributed by atoms with Crippen molar-refractivity contribution in [1.82, 2.24) is 0 Å². The fourth-order valence-electron chi connectivity index (χ4n) is 6.73. The summed E-state index contributed by atoms with van der Waals surface area (Å²) in [4.78, 5) is 0. The van der Waals surface area contributed by atoms with E-state index in [1.54, 1.807) is 0 Å². The Balaban J connectivity index is 5.03. The second-order valence-corrected chi connectivity index (χ2v) is 16.1. The standard InChI is InChI=1S/C38H78O/c1-11-13-15-17-19-21-23-25-35(29-27-33(3)31-37(5,6)7)39-36(26-24-22-20-18-16-14-12-2)30-28-34(4)32-38(8,9)10/h33-36H,11-32H2,1-10H3. The topological polar surface area (TPSA) is 9.23 Å². The van der Waals surface area contributed by atoms with E-state index in [-0.39, 0.29) is 0 Å². The highest BCUT2D eigenvalue weighted by atomic mass is 16.5. The molecule has 0 heterocycles. The van der Waals surface area contributed by atoms with Gasteiger partial charge in [0.2, 0.25) is 0 Å². The van der Waals surface area contributed by atoms with Crippen LogP contribution in [-0.4, -0.2) is 12.2 Å². The van der Waals surface area contributed by atoms with Gasteiger partial charge in [-0.3, -0.25) is 0 Å². The molecule has 0 aromatic carbocycles. The van der Waals surface area contributed by atoms with Gasteiger partial charge in [-0.15, -0.1) is 0 Å². The Hall–Kier alpha value is -0.0400. The van der Waals surface area contributed by atoms with Gasteiger partial charge in [0.05, 0.1) is 12.2 Å². The van der Waals surface area contributed by atoms with Crippen LogP contribution >= 0.6 is 0 Å². The fraction of sp³-hybridized carbons (Fsp3) is 1.00. The largest absolute Gasteiger partial charge is 0.375 e. The van der Waals surface area contributed by atoms with Crippen LogP contribution in [0.15, 0.2) is 0 Å². The molecule has 0 N–H and O–H groups in total. The molecule has 0 fully saturated rings. The van der Waals surface area contributed by atoms with E-state index in [1.165, 1.54) is 141 Å². The summed E-state index contributed by atoms with van der Waals surface area (Å²) in [5, 5.41) is 0. The van der Waals surface area contributed by atoms with E-state index in [2.05, 4.69) is 69.2 Å². The molecule has 0 saturated heterocycles. The van der Waals surface area contributed by atoms with Crippen LogP contribution in [0.1, 0.15) is 210 Å². The maximum absolute atomic E-state index is 7.10. The third-order valence-corrected chi connectivity index (χ3v) is 8.53. The molecule has 0 aromatic heterocycles. The number of ether oxygens (including phenoxy) is 1. The smallest absolute Gasteiger partial charge is 0.0579 e. The Morgan fingerprint density at radius 3 is 1.03 bits per heavy atom. The molecule has 0 aliphatic heterocycles. The molecule has 0 amide bonds. The molecular formula is C38H78O. The summed E-state index contributed by atoms with van der Waals surface area (Å²) >= 11 is 0. The van der Waals surface area contributed by atoms with E-state index in [9.17, 15) is 0 Å². The number of unbranched alkanes of at least 4 members (excludes halogenated alkanes) is 12.